The van der Waals surface area contributed by atoms with E-state index in [9.17, 15) is 4.39 Å². The Kier molecular flexibility index (Phi) is 5.43. The molecule has 0 N–H and O–H groups in total. The van der Waals surface area contributed by atoms with Gasteiger partial charge in [-0.25, -0.2) is 4.39 Å². The summed E-state index contributed by atoms with van der Waals surface area (Å²) in [5, 5.41) is 0. The van der Waals surface area contributed by atoms with E-state index in [0.717, 1.165) is 20.1 Å². The number of alkyl halides is 1. The molecule has 0 nitrogen and oxygen atoms in total. The van der Waals surface area contributed by atoms with Gasteiger partial charge in [-0.3, -0.25) is 0 Å². The van der Waals surface area contributed by atoms with Crippen LogP contribution in [-0.2, 0) is 6.42 Å². The van der Waals surface area contributed by atoms with Crippen molar-refractivity contribution in [2.45, 2.75) is 12.3 Å². The van der Waals surface area contributed by atoms with Gasteiger partial charge in [0.2, 0.25) is 0 Å². The molecule has 0 radical (unpaired) electrons. The standard InChI is InChI=1S/C15H12Br2ClF/c16-13-3-1-2-10(7-13)12(9-18)6-11-8-14(19)4-5-15(11)17/h1-5,7-8,12H,6,9H2. The van der Waals surface area contributed by atoms with E-state index in [1.807, 2.05) is 18.2 Å². The smallest absolute Gasteiger partial charge is 0.123 e. The van der Waals surface area contributed by atoms with Crippen LogP contribution >= 0.6 is 43.5 Å². The maximum Gasteiger partial charge on any atom is 0.123 e. The van der Waals surface area contributed by atoms with Gasteiger partial charge in [-0.1, -0.05) is 44.0 Å². The van der Waals surface area contributed by atoms with Crippen molar-refractivity contribution in [2.24, 2.45) is 0 Å². The average Bonchev–Trinajstić information content (AvgIpc) is 2.39. The van der Waals surface area contributed by atoms with Crippen molar-refractivity contribution in [3.05, 3.63) is 68.4 Å². The van der Waals surface area contributed by atoms with Gasteiger partial charge in [-0.05, 0) is 47.9 Å². The third-order valence-electron chi connectivity index (χ3n) is 2.98. The highest BCUT2D eigenvalue weighted by Crippen LogP contribution is 2.28. The Labute approximate surface area is 134 Å². The van der Waals surface area contributed by atoms with Crippen molar-refractivity contribution in [3.8, 4) is 0 Å². The second-order valence-electron chi connectivity index (χ2n) is 4.35. The fourth-order valence-corrected chi connectivity index (χ4v) is 3.10. The van der Waals surface area contributed by atoms with Gasteiger partial charge in [-0.2, -0.15) is 0 Å². The summed E-state index contributed by atoms with van der Waals surface area (Å²) in [5.41, 5.74) is 2.09. The lowest BCUT2D eigenvalue weighted by Crippen LogP contribution is -2.05. The molecule has 2 aromatic carbocycles. The minimum atomic E-state index is -0.222. The van der Waals surface area contributed by atoms with Crippen LogP contribution in [0.3, 0.4) is 0 Å². The highest BCUT2D eigenvalue weighted by Gasteiger charge is 2.14. The van der Waals surface area contributed by atoms with Gasteiger partial charge in [0.05, 0.1) is 0 Å². The first-order valence-corrected chi connectivity index (χ1v) is 7.97. The van der Waals surface area contributed by atoms with Crippen LogP contribution in [0.4, 0.5) is 4.39 Å². The Morgan fingerprint density at radius 2 is 1.89 bits per heavy atom. The predicted molar refractivity (Wildman–Crippen MR) is 85.4 cm³/mol. The first-order chi connectivity index (χ1) is 9.10. The maximum atomic E-state index is 13.3. The van der Waals surface area contributed by atoms with Crippen LogP contribution in [0.1, 0.15) is 17.0 Å². The largest absolute Gasteiger partial charge is 0.207 e. The number of benzene rings is 2. The zero-order valence-electron chi connectivity index (χ0n) is 10.0. The quantitative estimate of drug-likeness (QED) is 0.553. The van der Waals surface area contributed by atoms with E-state index in [4.69, 9.17) is 11.6 Å². The Hall–Kier alpha value is -0.380. The molecule has 0 saturated heterocycles. The van der Waals surface area contributed by atoms with Crippen molar-refractivity contribution in [1.29, 1.82) is 0 Å². The lowest BCUT2D eigenvalue weighted by molar-refractivity contribution is 0.622. The van der Waals surface area contributed by atoms with Gasteiger partial charge in [0.15, 0.2) is 0 Å². The van der Waals surface area contributed by atoms with Crippen molar-refractivity contribution in [1.82, 2.24) is 0 Å². The molecule has 1 unspecified atom stereocenters. The van der Waals surface area contributed by atoms with Crippen LogP contribution in [0.2, 0.25) is 0 Å². The normalized spacial score (nSPS) is 12.4. The van der Waals surface area contributed by atoms with Gasteiger partial charge >= 0.3 is 0 Å². The predicted octanol–water partition coefficient (Wildman–Crippen LogP) is 5.92. The van der Waals surface area contributed by atoms with E-state index in [0.29, 0.717) is 12.3 Å². The fourth-order valence-electron chi connectivity index (χ4n) is 1.99. The topological polar surface area (TPSA) is 0 Å². The molecule has 0 bridgehead atoms. The second-order valence-corrected chi connectivity index (χ2v) is 6.42. The molecular weight excluding hydrogens is 394 g/mol. The zero-order chi connectivity index (χ0) is 13.8. The molecule has 2 aromatic rings. The number of rotatable bonds is 4. The Bertz CT molecular complexity index is 572. The van der Waals surface area contributed by atoms with Crippen molar-refractivity contribution >= 4 is 43.5 Å². The first kappa shape index (κ1) is 15.0. The van der Waals surface area contributed by atoms with Gasteiger partial charge in [0.25, 0.3) is 0 Å². The molecule has 0 fully saturated rings. The van der Waals surface area contributed by atoms with Crippen molar-refractivity contribution < 1.29 is 4.39 Å². The van der Waals surface area contributed by atoms with Gasteiger partial charge in [-0.15, -0.1) is 11.6 Å². The summed E-state index contributed by atoms with van der Waals surface area (Å²) >= 11 is 13.0. The fraction of sp³-hybridized carbons (Fsp3) is 0.200. The number of hydrogen-bond donors (Lipinski definition) is 0. The van der Waals surface area contributed by atoms with E-state index in [2.05, 4.69) is 37.9 Å². The zero-order valence-corrected chi connectivity index (χ0v) is 14.0. The van der Waals surface area contributed by atoms with Crippen molar-refractivity contribution in [3.63, 3.8) is 0 Å². The molecule has 0 amide bonds. The molecule has 0 spiro atoms. The molecule has 100 valence electrons. The van der Waals surface area contributed by atoms with E-state index in [1.165, 1.54) is 6.07 Å². The molecule has 0 aliphatic heterocycles. The Morgan fingerprint density at radius 3 is 2.58 bits per heavy atom. The van der Waals surface area contributed by atoms with Crippen LogP contribution < -0.4 is 0 Å². The summed E-state index contributed by atoms with van der Waals surface area (Å²) in [6, 6.07) is 12.8. The van der Waals surface area contributed by atoms with Gasteiger partial charge in [0, 0.05) is 20.7 Å². The summed E-state index contributed by atoms with van der Waals surface area (Å²) in [7, 11) is 0. The van der Waals surface area contributed by atoms with Gasteiger partial charge < -0.3 is 0 Å². The van der Waals surface area contributed by atoms with E-state index in [-0.39, 0.29) is 11.7 Å². The molecule has 0 aromatic heterocycles. The summed E-state index contributed by atoms with van der Waals surface area (Å²) in [6.45, 7) is 0. The Morgan fingerprint density at radius 1 is 1.11 bits per heavy atom. The molecule has 4 heteroatoms. The number of halogens is 4. The molecule has 0 heterocycles. The van der Waals surface area contributed by atoms with Crippen LogP contribution in [0.25, 0.3) is 0 Å². The van der Waals surface area contributed by atoms with Crippen molar-refractivity contribution in [2.75, 3.05) is 5.88 Å². The molecule has 19 heavy (non-hydrogen) atoms. The number of hydrogen-bond acceptors (Lipinski definition) is 0. The van der Waals surface area contributed by atoms with Crippen LogP contribution in [0.5, 0.6) is 0 Å². The van der Waals surface area contributed by atoms with Crippen LogP contribution in [0, 0.1) is 5.82 Å². The summed E-state index contributed by atoms with van der Waals surface area (Å²) in [5.74, 6) is 0.442. The third kappa shape index (κ3) is 4.04. The minimum absolute atomic E-state index is 0.164. The third-order valence-corrected chi connectivity index (χ3v) is 4.62. The summed E-state index contributed by atoms with van der Waals surface area (Å²) in [4.78, 5) is 0. The van der Waals surface area contributed by atoms with E-state index >= 15 is 0 Å². The molecule has 2 rings (SSSR count). The van der Waals surface area contributed by atoms with Gasteiger partial charge in [0.1, 0.15) is 5.82 Å². The molecule has 0 aliphatic rings. The SMILES string of the molecule is Fc1ccc(Br)c(CC(CCl)c2cccc(Br)c2)c1. The monoisotopic (exact) mass is 404 g/mol. The second kappa shape index (κ2) is 6.87. The maximum absolute atomic E-state index is 13.3. The highest BCUT2D eigenvalue weighted by atomic mass is 79.9. The van der Waals surface area contributed by atoms with Crippen LogP contribution in [-0.4, -0.2) is 5.88 Å². The molecule has 0 aliphatic carbocycles. The first-order valence-electron chi connectivity index (χ1n) is 5.85. The van der Waals surface area contributed by atoms with E-state index < -0.39 is 0 Å². The molecular formula is C15H12Br2ClF. The molecule has 0 saturated carbocycles. The minimum Gasteiger partial charge on any atom is -0.207 e. The lowest BCUT2D eigenvalue weighted by Gasteiger charge is -2.16. The highest BCUT2D eigenvalue weighted by molar-refractivity contribution is 9.10. The summed E-state index contributed by atoms with van der Waals surface area (Å²) < 4.78 is 15.2. The average molecular weight is 407 g/mol. The van der Waals surface area contributed by atoms with E-state index in [1.54, 1.807) is 12.1 Å². The summed E-state index contributed by atoms with van der Waals surface area (Å²) in [6.07, 6.45) is 0.707. The Balaban J connectivity index is 2.26. The van der Waals surface area contributed by atoms with Crippen LogP contribution in [0.15, 0.2) is 51.4 Å². The lowest BCUT2D eigenvalue weighted by atomic mass is 9.93. The molecule has 1 atom stereocenters.